The molecular formula is C7H5FeNOS. The Hall–Kier alpha value is -0.441. The van der Waals surface area contributed by atoms with Crippen LogP contribution in [0.2, 0.25) is 0 Å². The fraction of sp³-hybridized carbons (Fsp3) is 0. The Morgan fingerprint density at radius 3 is 2.73 bits per heavy atom. The van der Waals surface area contributed by atoms with E-state index in [1.807, 2.05) is 24.3 Å². The molecular weight excluding hydrogens is 202 g/mol. The van der Waals surface area contributed by atoms with Gasteiger partial charge in [-0.2, -0.15) is 0 Å². The van der Waals surface area contributed by atoms with Gasteiger partial charge in [-0.25, -0.2) is 4.98 Å². The zero-order chi connectivity index (χ0) is 6.97. The molecule has 0 bridgehead atoms. The summed E-state index contributed by atoms with van der Waals surface area (Å²) < 4.78 is 5.12. The van der Waals surface area contributed by atoms with Gasteiger partial charge in [-0.05, 0) is 12.1 Å². The monoisotopic (exact) mass is 207 g/mol. The third-order valence-electron chi connectivity index (χ3n) is 1.28. The number of rotatable bonds is 0. The van der Waals surface area contributed by atoms with Crippen molar-refractivity contribution in [3.8, 4) is 0 Å². The first kappa shape index (κ1) is 8.65. The summed E-state index contributed by atoms with van der Waals surface area (Å²) in [5, 5.41) is 0.418. The van der Waals surface area contributed by atoms with Gasteiger partial charge < -0.3 is 4.42 Å². The molecule has 0 saturated heterocycles. The van der Waals surface area contributed by atoms with E-state index in [1.165, 1.54) is 0 Å². The molecule has 0 spiro atoms. The van der Waals surface area contributed by atoms with E-state index in [1.54, 1.807) is 0 Å². The van der Waals surface area contributed by atoms with Gasteiger partial charge in [0.1, 0.15) is 5.52 Å². The molecule has 2 rings (SSSR count). The second-order valence-corrected chi connectivity index (χ2v) is 2.35. The van der Waals surface area contributed by atoms with Gasteiger partial charge in [-0.1, -0.05) is 24.8 Å². The molecule has 2 nitrogen and oxygen atoms in total. The summed E-state index contributed by atoms with van der Waals surface area (Å²) in [5.41, 5.74) is 1.64. The van der Waals surface area contributed by atoms with Gasteiger partial charge in [-0.15, -0.1) is 0 Å². The van der Waals surface area contributed by atoms with Crippen molar-refractivity contribution in [3.05, 3.63) is 24.3 Å². The Morgan fingerprint density at radius 2 is 2.00 bits per heavy atom. The van der Waals surface area contributed by atoms with Crippen molar-refractivity contribution in [2.45, 2.75) is 5.22 Å². The van der Waals surface area contributed by atoms with Crippen LogP contribution in [0.3, 0.4) is 0 Å². The normalized spacial score (nSPS) is 9.55. The second kappa shape index (κ2) is 3.30. The maximum atomic E-state index is 5.12. The Bertz CT molecular complexity index is 327. The molecule has 0 amide bonds. The van der Waals surface area contributed by atoms with Crippen LogP contribution in [0, 0.1) is 0 Å². The van der Waals surface area contributed by atoms with Crippen molar-refractivity contribution in [1.82, 2.24) is 4.98 Å². The van der Waals surface area contributed by atoms with E-state index in [2.05, 4.69) is 17.6 Å². The van der Waals surface area contributed by atoms with E-state index in [4.69, 9.17) is 4.42 Å². The Kier molecular flexibility index (Phi) is 2.60. The first-order valence-corrected chi connectivity index (χ1v) is 3.35. The smallest absolute Gasteiger partial charge is 0.253 e. The molecule has 1 aromatic carbocycles. The molecule has 0 unspecified atom stereocenters. The number of benzene rings is 1. The van der Waals surface area contributed by atoms with Crippen LogP contribution in [-0.4, -0.2) is 4.98 Å². The second-order valence-electron chi connectivity index (χ2n) is 1.96. The number of para-hydroxylation sites is 2. The predicted molar refractivity (Wildman–Crippen MR) is 41.3 cm³/mol. The number of nitrogens with zero attached hydrogens (tertiary/aromatic N) is 1. The molecule has 0 fully saturated rings. The number of fused-ring (bicyclic) bond motifs is 1. The van der Waals surface area contributed by atoms with Crippen LogP contribution in [0.25, 0.3) is 11.1 Å². The number of oxazole rings is 1. The molecule has 58 valence electrons. The number of hydrogen-bond donors (Lipinski definition) is 1. The van der Waals surface area contributed by atoms with Crippen molar-refractivity contribution < 1.29 is 21.5 Å². The quantitative estimate of drug-likeness (QED) is 0.528. The molecule has 0 aliphatic carbocycles. The molecule has 2 aromatic rings. The first-order chi connectivity index (χ1) is 4.86. The van der Waals surface area contributed by atoms with Crippen LogP contribution in [0.15, 0.2) is 33.9 Å². The molecule has 0 N–H and O–H groups in total. The van der Waals surface area contributed by atoms with Gasteiger partial charge >= 0.3 is 0 Å². The van der Waals surface area contributed by atoms with Crippen LogP contribution in [0.5, 0.6) is 0 Å². The van der Waals surface area contributed by atoms with Gasteiger partial charge in [0.2, 0.25) is 0 Å². The van der Waals surface area contributed by atoms with Crippen LogP contribution in [0.1, 0.15) is 0 Å². The molecule has 0 aliphatic rings. The van der Waals surface area contributed by atoms with Crippen LogP contribution in [-0.2, 0) is 17.1 Å². The third kappa shape index (κ3) is 1.59. The molecule has 0 atom stereocenters. The van der Waals surface area contributed by atoms with Crippen molar-refractivity contribution in [1.29, 1.82) is 0 Å². The van der Waals surface area contributed by atoms with Gasteiger partial charge in [0.15, 0.2) is 5.58 Å². The fourth-order valence-electron chi connectivity index (χ4n) is 0.860. The number of hydrogen-bond acceptors (Lipinski definition) is 3. The van der Waals surface area contributed by atoms with E-state index < -0.39 is 0 Å². The van der Waals surface area contributed by atoms with Crippen molar-refractivity contribution in [3.63, 3.8) is 0 Å². The number of aromatic nitrogens is 1. The van der Waals surface area contributed by atoms with Crippen molar-refractivity contribution in [2.24, 2.45) is 0 Å². The fourth-order valence-corrected chi connectivity index (χ4v) is 1.07. The molecule has 11 heavy (non-hydrogen) atoms. The summed E-state index contributed by atoms with van der Waals surface area (Å²) in [5.74, 6) is 0. The van der Waals surface area contributed by atoms with E-state index >= 15 is 0 Å². The third-order valence-corrected chi connectivity index (χ3v) is 1.47. The summed E-state index contributed by atoms with van der Waals surface area (Å²) in [6.45, 7) is 0. The summed E-state index contributed by atoms with van der Waals surface area (Å²) >= 11 is 3.97. The molecule has 0 saturated carbocycles. The number of thiol groups is 1. The van der Waals surface area contributed by atoms with Gasteiger partial charge in [-0.3, -0.25) is 0 Å². The summed E-state index contributed by atoms with van der Waals surface area (Å²) in [6.07, 6.45) is 0. The van der Waals surface area contributed by atoms with Gasteiger partial charge in [0.05, 0.1) is 0 Å². The molecule has 0 aliphatic heterocycles. The Labute approximate surface area is 79.9 Å². The van der Waals surface area contributed by atoms with E-state index in [-0.39, 0.29) is 17.1 Å². The molecule has 1 aromatic heterocycles. The van der Waals surface area contributed by atoms with Crippen molar-refractivity contribution in [2.75, 3.05) is 0 Å². The molecule has 1 heterocycles. The average Bonchev–Trinajstić information content (AvgIpc) is 2.27. The zero-order valence-electron chi connectivity index (χ0n) is 5.47. The largest absolute Gasteiger partial charge is 0.432 e. The van der Waals surface area contributed by atoms with Crippen LogP contribution in [0.4, 0.5) is 0 Å². The maximum absolute atomic E-state index is 5.12. The van der Waals surface area contributed by atoms with Gasteiger partial charge in [0.25, 0.3) is 5.22 Å². The Balaban J connectivity index is 0.000000605. The van der Waals surface area contributed by atoms with Crippen LogP contribution < -0.4 is 0 Å². The van der Waals surface area contributed by atoms with Crippen molar-refractivity contribution >= 4 is 23.7 Å². The Morgan fingerprint density at radius 1 is 1.27 bits per heavy atom. The maximum Gasteiger partial charge on any atom is 0.253 e. The van der Waals surface area contributed by atoms with Crippen LogP contribution >= 0.6 is 12.6 Å². The minimum absolute atomic E-state index is 0. The van der Waals surface area contributed by atoms with E-state index in [0.29, 0.717) is 5.22 Å². The minimum atomic E-state index is 0. The van der Waals surface area contributed by atoms with Gasteiger partial charge in [0, 0.05) is 17.1 Å². The summed E-state index contributed by atoms with van der Waals surface area (Å²) in [4.78, 5) is 4.01. The topological polar surface area (TPSA) is 26.0 Å². The summed E-state index contributed by atoms with van der Waals surface area (Å²) in [6, 6.07) is 7.57. The summed E-state index contributed by atoms with van der Waals surface area (Å²) in [7, 11) is 0. The molecule has 0 radical (unpaired) electrons. The first-order valence-electron chi connectivity index (χ1n) is 2.91. The molecule has 4 heteroatoms. The zero-order valence-corrected chi connectivity index (χ0v) is 7.46. The van der Waals surface area contributed by atoms with E-state index in [0.717, 1.165) is 11.1 Å². The standard InChI is InChI=1S/C7H5NOS.Fe/c10-7-8-5-3-1-2-4-6(5)9-7;/h1-4H,(H,8,10);. The van der Waals surface area contributed by atoms with E-state index in [9.17, 15) is 0 Å². The SMILES string of the molecule is Sc1nc2ccccc2o1.[Fe]. The minimum Gasteiger partial charge on any atom is -0.432 e. The average molecular weight is 207 g/mol. The predicted octanol–water partition coefficient (Wildman–Crippen LogP) is 2.11.